The van der Waals surface area contributed by atoms with E-state index in [9.17, 15) is 0 Å². The first-order chi connectivity index (χ1) is 13.2. The normalized spacial score (nSPS) is 9.22. The average Bonchev–Trinajstić information content (AvgIpc) is 3.30. The van der Waals surface area contributed by atoms with Crippen LogP contribution in [0.15, 0.2) is 78.9 Å². The summed E-state index contributed by atoms with van der Waals surface area (Å²) < 4.78 is 0. The van der Waals surface area contributed by atoms with Crippen LogP contribution in [-0.4, -0.2) is 21.2 Å². The molecule has 1 N–H and O–H groups in total. The molecule has 140 valence electrons. The second-order valence-corrected chi connectivity index (χ2v) is 10.4. The van der Waals surface area contributed by atoms with Crippen LogP contribution in [0.4, 0.5) is 0 Å². The maximum absolute atomic E-state index is 8.74. The number of rotatable bonds is 2. The van der Waals surface area contributed by atoms with E-state index >= 15 is 0 Å². The topological polar surface area (TPSA) is 20.2 Å². The van der Waals surface area contributed by atoms with Crippen LogP contribution in [0, 0.1) is 0 Å². The fraction of sp³-hybridized carbons (Fsp3) is 0.182. The van der Waals surface area contributed by atoms with E-state index in [4.69, 9.17) is 22.1 Å². The summed E-state index contributed by atoms with van der Waals surface area (Å²) in [5, 5.41) is 13.9. The molecule has 4 aromatic carbocycles. The molecule has 0 heterocycles. The van der Waals surface area contributed by atoms with E-state index in [-0.39, 0.29) is 6.61 Å². The van der Waals surface area contributed by atoms with Crippen LogP contribution >= 0.6 is 17.0 Å². The minimum atomic E-state index is -0.826. The Morgan fingerprint density at radius 1 is 0.926 bits per heavy atom. The number of halogens is 2. The number of hydrogen-bond acceptors (Lipinski definition) is 1. The van der Waals surface area contributed by atoms with Crippen molar-refractivity contribution in [1.82, 2.24) is 0 Å². The molecule has 0 bridgehead atoms. The molecule has 4 aromatic rings. The number of aliphatic hydroxyl groups is 1. The van der Waals surface area contributed by atoms with Crippen molar-refractivity contribution in [3.8, 4) is 0 Å². The van der Waals surface area contributed by atoms with Crippen LogP contribution in [-0.2, 0) is 27.3 Å². The first-order valence-corrected chi connectivity index (χ1v) is 16.9. The van der Waals surface area contributed by atoms with Gasteiger partial charge in [-0.2, -0.15) is 23.6 Å². The van der Waals surface area contributed by atoms with Crippen molar-refractivity contribution in [3.63, 3.8) is 0 Å². The molecule has 0 fully saturated rings. The van der Waals surface area contributed by atoms with Crippen LogP contribution in [0.1, 0.15) is 5.56 Å². The molecule has 0 amide bonds. The molecule has 0 saturated carbocycles. The van der Waals surface area contributed by atoms with E-state index in [0.717, 1.165) is 15.9 Å². The van der Waals surface area contributed by atoms with Gasteiger partial charge in [0.2, 0.25) is 0 Å². The predicted molar refractivity (Wildman–Crippen MR) is 119 cm³/mol. The summed E-state index contributed by atoms with van der Waals surface area (Å²) in [6.45, 7) is 4.54. The zero-order chi connectivity index (χ0) is 19.9. The summed E-state index contributed by atoms with van der Waals surface area (Å²) in [6, 6.07) is 27.2. The Labute approximate surface area is 183 Å². The molecular weight excluding hydrogens is 470 g/mol. The van der Waals surface area contributed by atoms with Gasteiger partial charge in [-0.05, 0) is 6.42 Å². The summed E-state index contributed by atoms with van der Waals surface area (Å²) >= 11 is -0.826. The van der Waals surface area contributed by atoms with Crippen molar-refractivity contribution >= 4 is 48.1 Å². The zero-order valence-electron chi connectivity index (χ0n) is 15.6. The Kier molecular flexibility index (Phi) is 13.7. The summed E-state index contributed by atoms with van der Waals surface area (Å²) in [4.78, 5) is 0. The molecule has 0 atom stereocenters. The first kappa shape index (κ1) is 24.3. The standard InChI is InChI=1S/C11H11O.C9H7.C2H6Si.2ClH.Zr/c12-6-5-9-7-10-3-1-2-4-11(10)8-9;1-2-5-9-7-3-6-8(9)4-1;1-3-2;;;/h1-4,7-8,12H,5-6H2;1-7H;1-2H3;2*1H;/q2*-1;;;;+4/p-2. The Morgan fingerprint density at radius 2 is 1.48 bits per heavy atom. The van der Waals surface area contributed by atoms with Crippen LogP contribution in [0.3, 0.4) is 0 Å². The van der Waals surface area contributed by atoms with E-state index < -0.39 is 20.8 Å². The van der Waals surface area contributed by atoms with Crippen molar-refractivity contribution in [2.75, 3.05) is 6.61 Å². The van der Waals surface area contributed by atoms with Crippen molar-refractivity contribution in [3.05, 3.63) is 84.4 Å². The molecule has 2 radical (unpaired) electrons. The molecule has 0 aliphatic rings. The Hall–Kier alpha value is -0.700. The van der Waals surface area contributed by atoms with E-state index in [0.29, 0.717) is 0 Å². The SMILES string of the molecule is C[Si]C.OCCc1cc2ccccc2[cH-]1.[Cl][Zr+2][Cl].c1ccc2[cH-]ccc2c1. The minimum absolute atomic E-state index is 0.232. The van der Waals surface area contributed by atoms with E-state index in [2.05, 4.69) is 79.8 Å². The van der Waals surface area contributed by atoms with Crippen molar-refractivity contribution in [2.45, 2.75) is 19.5 Å². The van der Waals surface area contributed by atoms with Gasteiger partial charge in [-0.1, -0.05) is 25.2 Å². The number of fused-ring (bicyclic) bond motifs is 2. The molecular formula is C22H24Cl2OSiZr. The van der Waals surface area contributed by atoms with Gasteiger partial charge in [0.25, 0.3) is 0 Å². The Bertz CT molecular complexity index is 807. The summed E-state index contributed by atoms with van der Waals surface area (Å²) in [5.74, 6) is 0. The molecule has 0 aliphatic carbocycles. The third kappa shape index (κ3) is 9.36. The third-order valence-electron chi connectivity index (χ3n) is 3.63. The summed E-state index contributed by atoms with van der Waals surface area (Å²) in [5.41, 5.74) is 1.22. The van der Waals surface area contributed by atoms with E-state index in [1.54, 1.807) is 0 Å². The first-order valence-electron chi connectivity index (χ1n) is 8.60. The van der Waals surface area contributed by atoms with Gasteiger partial charge < -0.3 is 5.11 Å². The maximum atomic E-state index is 8.74. The minimum Gasteiger partial charge on any atom is -0.168 e. The van der Waals surface area contributed by atoms with Gasteiger partial charge in [0.1, 0.15) is 0 Å². The largest absolute Gasteiger partial charge is 0.168 e. The van der Waals surface area contributed by atoms with Gasteiger partial charge >= 0.3 is 37.9 Å². The number of aliphatic hydroxyl groups excluding tert-OH is 1. The fourth-order valence-corrected chi connectivity index (χ4v) is 2.56. The quantitative estimate of drug-likeness (QED) is 0.240. The molecule has 0 spiro atoms. The van der Waals surface area contributed by atoms with Crippen LogP contribution in [0.2, 0.25) is 13.1 Å². The monoisotopic (exact) mass is 492 g/mol. The van der Waals surface area contributed by atoms with Crippen LogP contribution in [0.25, 0.3) is 21.5 Å². The second-order valence-electron chi connectivity index (χ2n) is 5.69. The van der Waals surface area contributed by atoms with E-state index in [1.165, 1.54) is 27.1 Å². The number of benzene rings is 2. The molecule has 0 unspecified atom stereocenters. The van der Waals surface area contributed by atoms with Crippen molar-refractivity contribution in [2.24, 2.45) is 0 Å². The Morgan fingerprint density at radius 3 is 2.04 bits per heavy atom. The third-order valence-corrected chi connectivity index (χ3v) is 3.63. The van der Waals surface area contributed by atoms with E-state index in [1.807, 2.05) is 12.1 Å². The van der Waals surface area contributed by atoms with Gasteiger partial charge in [-0.15, -0.1) is 70.3 Å². The Balaban J connectivity index is 0.000000214. The smallest absolute Gasteiger partial charge is 0.0809 e. The second kappa shape index (κ2) is 15.2. The zero-order valence-corrected chi connectivity index (χ0v) is 20.6. The molecule has 0 aromatic heterocycles. The molecule has 1 nitrogen and oxygen atoms in total. The van der Waals surface area contributed by atoms with Crippen LogP contribution < -0.4 is 0 Å². The van der Waals surface area contributed by atoms with Gasteiger partial charge in [-0.25, -0.2) is 0 Å². The summed E-state index contributed by atoms with van der Waals surface area (Å²) in [7, 11) is 11.0. The molecule has 0 saturated heterocycles. The summed E-state index contributed by atoms with van der Waals surface area (Å²) in [6.07, 6.45) is 0.759. The predicted octanol–water partition coefficient (Wildman–Crippen LogP) is 6.82. The molecule has 4 rings (SSSR count). The van der Waals surface area contributed by atoms with Crippen LogP contribution in [0.5, 0.6) is 0 Å². The number of hydrogen-bond donors (Lipinski definition) is 1. The molecule has 5 heteroatoms. The molecule has 0 aliphatic heterocycles. The maximum Gasteiger partial charge on any atom is -0.0809 e. The fourth-order valence-electron chi connectivity index (χ4n) is 2.56. The van der Waals surface area contributed by atoms with Gasteiger partial charge in [0.15, 0.2) is 0 Å². The average molecular weight is 495 g/mol. The van der Waals surface area contributed by atoms with Gasteiger partial charge in [0.05, 0.1) is 0 Å². The molecule has 27 heavy (non-hydrogen) atoms. The van der Waals surface area contributed by atoms with Crippen molar-refractivity contribution < 1.29 is 26.0 Å². The van der Waals surface area contributed by atoms with Gasteiger partial charge in [0, 0.05) is 16.1 Å². The van der Waals surface area contributed by atoms with Gasteiger partial charge in [-0.3, -0.25) is 0 Å². The van der Waals surface area contributed by atoms with Crippen molar-refractivity contribution in [1.29, 1.82) is 0 Å².